The molecule has 0 spiro atoms. The van der Waals surface area contributed by atoms with Gasteiger partial charge in [0.05, 0.1) is 39.2 Å². The second-order valence-corrected chi connectivity index (χ2v) is 33.0. The van der Waals surface area contributed by atoms with Crippen LogP contribution >= 0.6 is 92.8 Å². The molecule has 15 aromatic rings. The Morgan fingerprint density at radius 3 is 0.884 bits per heavy atom. The number of amides is 4. The van der Waals surface area contributed by atoms with Crippen LogP contribution in [0.15, 0.2) is 287 Å². The Kier molecular flexibility index (Phi) is 33.2. The van der Waals surface area contributed by atoms with E-state index in [1.165, 1.54) is 61.7 Å². The first-order valence-electron chi connectivity index (χ1n) is 40.1. The summed E-state index contributed by atoms with van der Waals surface area (Å²) in [6.07, 6.45) is 21.8. The van der Waals surface area contributed by atoms with Crippen LogP contribution in [-0.4, -0.2) is 124 Å². The van der Waals surface area contributed by atoms with Gasteiger partial charge in [0.15, 0.2) is 23.1 Å². The Bertz CT molecular complexity index is 5930. The van der Waals surface area contributed by atoms with Gasteiger partial charge in [-0.25, -0.2) is 29.6 Å². The summed E-state index contributed by atoms with van der Waals surface area (Å²) in [5.41, 5.74) is 10.2. The molecule has 33 heteroatoms. The summed E-state index contributed by atoms with van der Waals surface area (Å²) in [7, 11) is 0. The molecule has 129 heavy (non-hydrogen) atoms. The topological polar surface area (TPSA) is 319 Å². The molecule has 0 atom stereocenters. The van der Waals surface area contributed by atoms with E-state index < -0.39 is 17.7 Å². The van der Waals surface area contributed by atoms with Gasteiger partial charge in [-0.15, -0.1) is 15.3 Å². The molecule has 1 aliphatic rings. The molecule has 8 aromatic carbocycles. The number of aromatic nitrogens is 12. The number of halogens is 8. The monoisotopic (exact) mass is 1880 g/mol. The summed E-state index contributed by atoms with van der Waals surface area (Å²) in [6.45, 7) is 5.03. The first-order chi connectivity index (χ1) is 62.4. The maximum absolute atomic E-state index is 13.0. The molecular formula is C96H77Cl8N17O8. The van der Waals surface area contributed by atoms with E-state index in [-0.39, 0.29) is 54.7 Å². The fourth-order valence-electron chi connectivity index (χ4n) is 13.5. The number of likely N-dealkylation sites (tertiary alicyclic amines) is 1. The number of Topliss-reactive ketones (excluding diaryl/α,β-unsaturated/α-hetero) is 4. The zero-order chi connectivity index (χ0) is 90.7. The number of hydrogen-bond acceptors (Lipinski definition) is 18. The Balaban J connectivity index is 0.000000147. The minimum absolute atomic E-state index is 0.0520. The van der Waals surface area contributed by atoms with Gasteiger partial charge in [0.25, 0.3) is 23.6 Å². The molecule has 0 bridgehead atoms. The lowest BCUT2D eigenvalue weighted by atomic mass is 9.97. The van der Waals surface area contributed by atoms with Gasteiger partial charge in [0.1, 0.15) is 35.9 Å². The van der Waals surface area contributed by atoms with Gasteiger partial charge in [-0.3, -0.25) is 43.3 Å². The Labute approximate surface area is 781 Å². The number of pyridine rings is 4. The fraction of sp³-hybridized carbons (Fsp3) is 0.135. The smallest absolute Gasteiger partial charge is 0.257 e. The molecule has 25 nitrogen and oxygen atoms in total. The number of ketones is 4. The molecule has 1 saturated heterocycles. The molecule has 7 aromatic heterocycles. The lowest BCUT2D eigenvalue weighted by molar-refractivity contribution is 0.0980. The average Bonchev–Trinajstić information content (AvgIpc) is 1.65. The second kappa shape index (κ2) is 45.9. The maximum Gasteiger partial charge on any atom is 0.257 e. The van der Waals surface area contributed by atoms with Crippen LogP contribution in [0.2, 0.25) is 40.2 Å². The quantitative estimate of drug-likeness (QED) is 0.0331. The van der Waals surface area contributed by atoms with Crippen molar-refractivity contribution in [1.29, 1.82) is 0 Å². The minimum atomic E-state index is -0.409. The highest BCUT2D eigenvalue weighted by atomic mass is 35.5. The normalized spacial score (nSPS) is 11.6. The Morgan fingerprint density at radius 2 is 0.597 bits per heavy atom. The predicted octanol–water partition coefficient (Wildman–Crippen LogP) is 20.8. The van der Waals surface area contributed by atoms with Crippen molar-refractivity contribution in [2.75, 3.05) is 34.4 Å². The number of imidazole rings is 1. The summed E-state index contributed by atoms with van der Waals surface area (Å²) < 4.78 is 5.49. The summed E-state index contributed by atoms with van der Waals surface area (Å²) in [5.74, 6) is -0.563. The summed E-state index contributed by atoms with van der Waals surface area (Å²) >= 11 is 47.8. The van der Waals surface area contributed by atoms with E-state index in [9.17, 15) is 38.4 Å². The van der Waals surface area contributed by atoms with E-state index in [0.717, 1.165) is 36.3 Å². The van der Waals surface area contributed by atoms with E-state index in [2.05, 4.69) is 71.6 Å². The second-order valence-electron chi connectivity index (χ2n) is 29.5. The number of nitrogens with one attached hydrogen (secondary N) is 4. The third-order valence-electron chi connectivity index (χ3n) is 20.1. The molecule has 16 rings (SSSR count). The summed E-state index contributed by atoms with van der Waals surface area (Å²) in [6, 6.07) is 62.3. The zero-order valence-corrected chi connectivity index (χ0v) is 74.5. The molecule has 1 fully saturated rings. The number of hydrogen-bond donors (Lipinski definition) is 4. The predicted molar refractivity (Wildman–Crippen MR) is 501 cm³/mol. The molecule has 650 valence electrons. The third-order valence-corrected chi connectivity index (χ3v) is 21.9. The Hall–Kier alpha value is -13.3. The van der Waals surface area contributed by atoms with Gasteiger partial charge >= 0.3 is 0 Å². The van der Waals surface area contributed by atoms with E-state index in [4.69, 9.17) is 92.8 Å². The number of piperidine rings is 1. The van der Waals surface area contributed by atoms with Gasteiger partial charge < -0.3 is 30.4 Å². The molecule has 0 saturated carbocycles. The van der Waals surface area contributed by atoms with Gasteiger partial charge in [-0.05, 0) is 168 Å². The lowest BCUT2D eigenvalue weighted by Gasteiger charge is -2.26. The minimum Gasteiger partial charge on any atom is -0.333 e. The van der Waals surface area contributed by atoms with E-state index >= 15 is 0 Å². The zero-order valence-electron chi connectivity index (χ0n) is 68.4. The highest BCUT2D eigenvalue weighted by Crippen LogP contribution is 2.28. The highest BCUT2D eigenvalue weighted by molar-refractivity contribution is 6.33. The summed E-state index contributed by atoms with van der Waals surface area (Å²) in [4.78, 5) is 126. The molecule has 0 aliphatic carbocycles. The fourth-order valence-corrected chi connectivity index (χ4v) is 14.6. The molecular weight excluding hydrogens is 1800 g/mol. The summed E-state index contributed by atoms with van der Waals surface area (Å²) in [5, 5.41) is 29.6. The van der Waals surface area contributed by atoms with Crippen LogP contribution in [-0.2, 0) is 51.9 Å². The van der Waals surface area contributed by atoms with Crippen LogP contribution in [0.4, 0.5) is 23.3 Å². The number of benzene rings is 8. The SMILES string of the molecule is O=C(Cc1ccc(Cl)cc1C(=O)Nc1ccc(Cl)cn1)c1ccc(CN2CCCCC2)cc1.O=C(Cc1ccc(Cl)cc1C(=O)Nc1ccc(Cl)cn1)c1ccc(Cn2ccnc2)cc1.O=C(Cc1ccc(Cl)cc1C(=O)Nc1ccc(Cl)cn1)c1ccc(Cn2ccnn2)cc1.O=C(Cc1ccc(Cl)cc1C(=O)Nc1ccc(Cl)cn1)c1ccc(Cn2cnnc2)cc1. The molecule has 0 radical (unpaired) electrons. The Morgan fingerprint density at radius 1 is 0.295 bits per heavy atom. The molecule has 0 unspecified atom stereocenters. The standard InChI is InChI=1S/C26H25Cl2N3O2.C24H18Cl2N4O2.2C23H17Cl2N5O2/c27-21-9-8-20(23(15-21)26(33)30-25-11-10-22(28)16-29-25)14-24(32)19-6-4-18(5-7-19)17-31-12-2-1-3-13-31;25-19-6-5-18(21(12-19)24(32)29-23-8-7-20(26)13-28-23)11-22(31)17-3-1-16(2-4-17)14-30-10-9-27-15-30;24-18-6-5-17(20(10-18)23(32)29-22-8-7-19(25)11-26-22)9-21(31)16-3-1-15(2-4-16)12-30-13-27-28-14-30;24-18-6-5-17(20(12-18)23(32)28-22-8-7-19(25)13-26-22)11-21(31)16-3-1-15(2-4-16)14-30-10-9-27-29-30/h4-11,15-16H,1-3,12-14,17H2,(H,29,30,33);1-10,12-13,15H,11,14H2,(H,28,29,32);1-8,10-11,13-14H,9,12H2,(H,26,29,32);1-10,12-13H,11,14H2,(H,26,28,32). The van der Waals surface area contributed by atoms with Crippen molar-refractivity contribution >= 4 is 163 Å². The highest BCUT2D eigenvalue weighted by Gasteiger charge is 2.23. The van der Waals surface area contributed by atoms with E-state index in [1.54, 1.807) is 188 Å². The molecule has 4 N–H and O–H groups in total. The van der Waals surface area contributed by atoms with Crippen LogP contribution in [0.5, 0.6) is 0 Å². The van der Waals surface area contributed by atoms with Crippen LogP contribution in [0.25, 0.3) is 0 Å². The number of anilines is 4. The lowest BCUT2D eigenvalue weighted by Crippen LogP contribution is -2.29. The maximum atomic E-state index is 13.0. The van der Waals surface area contributed by atoms with Crippen molar-refractivity contribution in [2.45, 2.75) is 71.1 Å². The average molecular weight is 1880 g/mol. The van der Waals surface area contributed by atoms with Crippen molar-refractivity contribution in [3.05, 3.63) is 416 Å². The number of carbonyl (C=O) groups excluding carboxylic acids is 8. The van der Waals surface area contributed by atoms with Gasteiger partial charge in [-0.2, -0.15) is 0 Å². The number of carbonyl (C=O) groups is 8. The molecule has 8 heterocycles. The van der Waals surface area contributed by atoms with Crippen molar-refractivity contribution in [1.82, 2.24) is 64.1 Å². The molecule has 1 aliphatic heterocycles. The number of nitrogens with zero attached hydrogens (tertiary/aromatic N) is 13. The third kappa shape index (κ3) is 28.1. The van der Waals surface area contributed by atoms with Crippen molar-refractivity contribution in [3.63, 3.8) is 0 Å². The van der Waals surface area contributed by atoms with Crippen LogP contribution < -0.4 is 21.3 Å². The van der Waals surface area contributed by atoms with Crippen LogP contribution in [0.3, 0.4) is 0 Å². The number of rotatable bonds is 28. The van der Waals surface area contributed by atoms with Crippen LogP contribution in [0.1, 0.15) is 147 Å². The van der Waals surface area contributed by atoms with Crippen LogP contribution in [0, 0.1) is 0 Å². The van der Waals surface area contributed by atoms with Gasteiger partial charge in [0.2, 0.25) is 0 Å². The van der Waals surface area contributed by atoms with Gasteiger partial charge in [-0.1, -0.05) is 226 Å². The van der Waals surface area contributed by atoms with E-state index in [1.807, 2.05) is 76.0 Å². The molecule has 4 amide bonds. The van der Waals surface area contributed by atoms with Crippen molar-refractivity contribution in [3.8, 4) is 0 Å². The first-order valence-corrected chi connectivity index (χ1v) is 43.1. The first kappa shape index (κ1) is 93.3. The van der Waals surface area contributed by atoms with Gasteiger partial charge in [0, 0.05) is 153 Å². The largest absolute Gasteiger partial charge is 0.333 e. The van der Waals surface area contributed by atoms with E-state index in [0.29, 0.717) is 150 Å². The van der Waals surface area contributed by atoms with Crippen molar-refractivity contribution in [2.24, 2.45) is 0 Å². The van der Waals surface area contributed by atoms with Crippen molar-refractivity contribution < 1.29 is 38.4 Å².